The Bertz CT molecular complexity index is 1060. The van der Waals surface area contributed by atoms with Crippen LogP contribution in [0.1, 0.15) is 16.7 Å². The molecule has 2 heterocycles. The topological polar surface area (TPSA) is 68.4 Å². The third-order valence-electron chi connectivity index (χ3n) is 5.76. The first-order chi connectivity index (χ1) is 14.5. The maximum Gasteiger partial charge on any atom is 0.238 e. The molecule has 3 aromatic rings. The average molecular weight is 405 g/mol. The summed E-state index contributed by atoms with van der Waals surface area (Å²) in [4.78, 5) is 32.4. The van der Waals surface area contributed by atoms with Crippen molar-refractivity contribution < 1.29 is 9.59 Å². The molecular formula is C24H28N4O2. The standard InChI is InChI=1S/C24H28N4O2/c1-17-7-8-21(18(2)13-17)26-23(29)16-27-9-11-28(12-10-27)24(30)14-19-15-25-22-6-4-3-5-20(19)22/h3-8,13,15,25H,9-12,14,16H2,1-2H3,(H,26,29). The van der Waals surface area contributed by atoms with E-state index in [9.17, 15) is 9.59 Å². The van der Waals surface area contributed by atoms with Gasteiger partial charge in [0.15, 0.2) is 0 Å². The Morgan fingerprint density at radius 2 is 1.80 bits per heavy atom. The number of fused-ring (bicyclic) bond motifs is 1. The fourth-order valence-electron chi connectivity index (χ4n) is 4.05. The summed E-state index contributed by atoms with van der Waals surface area (Å²) in [5.74, 6) is 0.125. The molecule has 0 radical (unpaired) electrons. The smallest absolute Gasteiger partial charge is 0.238 e. The van der Waals surface area contributed by atoms with Gasteiger partial charge in [-0.2, -0.15) is 0 Å². The van der Waals surface area contributed by atoms with Crippen molar-refractivity contribution in [3.63, 3.8) is 0 Å². The van der Waals surface area contributed by atoms with E-state index >= 15 is 0 Å². The van der Waals surface area contributed by atoms with E-state index in [1.807, 2.05) is 61.3 Å². The van der Waals surface area contributed by atoms with Crippen LogP contribution in [-0.2, 0) is 16.0 Å². The summed E-state index contributed by atoms with van der Waals surface area (Å²) in [5, 5.41) is 4.11. The second-order valence-corrected chi connectivity index (χ2v) is 8.06. The van der Waals surface area contributed by atoms with Gasteiger partial charge >= 0.3 is 0 Å². The van der Waals surface area contributed by atoms with E-state index in [1.54, 1.807) is 0 Å². The van der Waals surface area contributed by atoms with Crippen LogP contribution < -0.4 is 5.32 Å². The average Bonchev–Trinajstić information content (AvgIpc) is 3.13. The maximum absolute atomic E-state index is 12.8. The van der Waals surface area contributed by atoms with Gasteiger partial charge in [0.2, 0.25) is 11.8 Å². The molecule has 0 bridgehead atoms. The fourth-order valence-corrected chi connectivity index (χ4v) is 4.05. The molecule has 1 aliphatic heterocycles. The fraction of sp³-hybridized carbons (Fsp3) is 0.333. The zero-order chi connectivity index (χ0) is 21.1. The number of anilines is 1. The number of nitrogens with zero attached hydrogens (tertiary/aromatic N) is 2. The predicted molar refractivity (Wildman–Crippen MR) is 120 cm³/mol. The van der Waals surface area contributed by atoms with Gasteiger partial charge in [0.25, 0.3) is 0 Å². The van der Waals surface area contributed by atoms with Gasteiger partial charge in [-0.05, 0) is 37.1 Å². The predicted octanol–water partition coefficient (Wildman–Crippen LogP) is 3.11. The van der Waals surface area contributed by atoms with Gasteiger partial charge in [0.1, 0.15) is 0 Å². The number of aromatic nitrogens is 1. The lowest BCUT2D eigenvalue weighted by Crippen LogP contribution is -2.50. The Morgan fingerprint density at radius 1 is 1.03 bits per heavy atom. The Balaban J connectivity index is 1.27. The van der Waals surface area contributed by atoms with Crippen molar-refractivity contribution in [2.75, 3.05) is 38.0 Å². The minimum absolute atomic E-state index is 0.0134. The Labute approximate surface area is 176 Å². The van der Waals surface area contributed by atoms with Crippen LogP contribution in [0.2, 0.25) is 0 Å². The molecule has 2 amide bonds. The summed E-state index contributed by atoms with van der Waals surface area (Å²) in [6.45, 7) is 7.10. The van der Waals surface area contributed by atoms with Gasteiger partial charge in [-0.25, -0.2) is 0 Å². The van der Waals surface area contributed by atoms with E-state index in [1.165, 1.54) is 5.56 Å². The highest BCUT2D eigenvalue weighted by atomic mass is 16.2. The lowest BCUT2D eigenvalue weighted by Gasteiger charge is -2.34. The summed E-state index contributed by atoms with van der Waals surface area (Å²) in [5.41, 5.74) is 5.19. The maximum atomic E-state index is 12.8. The van der Waals surface area contributed by atoms with Crippen molar-refractivity contribution in [2.45, 2.75) is 20.3 Å². The highest BCUT2D eigenvalue weighted by molar-refractivity contribution is 5.93. The van der Waals surface area contributed by atoms with Gasteiger partial charge in [0, 0.05) is 49.0 Å². The van der Waals surface area contributed by atoms with Gasteiger partial charge in [-0.15, -0.1) is 0 Å². The normalized spacial score (nSPS) is 14.8. The molecule has 0 atom stereocenters. The highest BCUT2D eigenvalue weighted by Gasteiger charge is 2.23. The van der Waals surface area contributed by atoms with Crippen LogP contribution in [0.3, 0.4) is 0 Å². The van der Waals surface area contributed by atoms with E-state index < -0.39 is 0 Å². The first kappa shape index (κ1) is 20.2. The third kappa shape index (κ3) is 4.54. The van der Waals surface area contributed by atoms with Crippen LogP contribution in [0.15, 0.2) is 48.7 Å². The molecule has 1 aromatic heterocycles. The largest absolute Gasteiger partial charge is 0.361 e. The third-order valence-corrected chi connectivity index (χ3v) is 5.76. The molecule has 2 N–H and O–H groups in total. The molecule has 1 fully saturated rings. The number of nitrogens with one attached hydrogen (secondary N) is 2. The van der Waals surface area contributed by atoms with E-state index in [-0.39, 0.29) is 11.8 Å². The van der Waals surface area contributed by atoms with E-state index in [4.69, 9.17) is 0 Å². The minimum Gasteiger partial charge on any atom is -0.361 e. The SMILES string of the molecule is Cc1ccc(NC(=O)CN2CCN(C(=O)Cc3c[nH]c4ccccc34)CC2)c(C)c1. The second kappa shape index (κ2) is 8.71. The molecule has 156 valence electrons. The van der Waals surface area contributed by atoms with Crippen LogP contribution in [0.5, 0.6) is 0 Å². The number of H-pyrrole nitrogens is 1. The quantitative estimate of drug-likeness (QED) is 0.687. The molecule has 0 spiro atoms. The molecule has 6 heteroatoms. The molecule has 30 heavy (non-hydrogen) atoms. The summed E-state index contributed by atoms with van der Waals surface area (Å²) >= 11 is 0. The van der Waals surface area contributed by atoms with Crippen LogP contribution in [0, 0.1) is 13.8 Å². The van der Waals surface area contributed by atoms with Crippen LogP contribution in [0.4, 0.5) is 5.69 Å². The number of para-hydroxylation sites is 1. The Hall–Kier alpha value is -3.12. The van der Waals surface area contributed by atoms with Gasteiger partial charge in [-0.1, -0.05) is 35.9 Å². The zero-order valence-electron chi connectivity index (χ0n) is 17.6. The number of benzene rings is 2. The molecule has 0 saturated carbocycles. The molecule has 2 aromatic carbocycles. The molecule has 6 nitrogen and oxygen atoms in total. The summed E-state index contributed by atoms with van der Waals surface area (Å²) in [6.07, 6.45) is 2.33. The van der Waals surface area contributed by atoms with Crippen LogP contribution in [0.25, 0.3) is 10.9 Å². The van der Waals surface area contributed by atoms with Crippen molar-refractivity contribution in [1.29, 1.82) is 0 Å². The summed E-state index contributed by atoms with van der Waals surface area (Å²) < 4.78 is 0. The lowest BCUT2D eigenvalue weighted by atomic mass is 10.1. The van der Waals surface area contributed by atoms with Crippen molar-refractivity contribution in [3.05, 3.63) is 65.4 Å². The molecule has 1 saturated heterocycles. The number of carbonyl (C=O) groups is 2. The van der Waals surface area contributed by atoms with Crippen molar-refractivity contribution >= 4 is 28.4 Å². The van der Waals surface area contributed by atoms with E-state index in [2.05, 4.69) is 21.3 Å². The van der Waals surface area contributed by atoms with Gasteiger partial charge in [0.05, 0.1) is 13.0 Å². The molecule has 0 unspecified atom stereocenters. The number of hydrogen-bond acceptors (Lipinski definition) is 3. The number of hydrogen-bond donors (Lipinski definition) is 2. The number of aryl methyl sites for hydroxylation is 2. The van der Waals surface area contributed by atoms with Crippen molar-refractivity contribution in [2.24, 2.45) is 0 Å². The first-order valence-corrected chi connectivity index (χ1v) is 10.4. The zero-order valence-corrected chi connectivity index (χ0v) is 17.6. The monoisotopic (exact) mass is 404 g/mol. The van der Waals surface area contributed by atoms with Crippen molar-refractivity contribution in [1.82, 2.24) is 14.8 Å². The van der Waals surface area contributed by atoms with Gasteiger partial charge in [-0.3, -0.25) is 14.5 Å². The summed E-state index contributed by atoms with van der Waals surface area (Å²) in [6, 6.07) is 14.1. The summed E-state index contributed by atoms with van der Waals surface area (Å²) in [7, 11) is 0. The lowest BCUT2D eigenvalue weighted by molar-refractivity contribution is -0.132. The van der Waals surface area contributed by atoms with Crippen LogP contribution in [-0.4, -0.2) is 59.3 Å². The highest BCUT2D eigenvalue weighted by Crippen LogP contribution is 2.19. The number of piperazine rings is 1. The number of carbonyl (C=O) groups excluding carboxylic acids is 2. The minimum atomic E-state index is -0.0134. The molecular weight excluding hydrogens is 376 g/mol. The van der Waals surface area contributed by atoms with Gasteiger partial charge < -0.3 is 15.2 Å². The van der Waals surface area contributed by atoms with E-state index in [0.717, 1.165) is 27.7 Å². The second-order valence-electron chi connectivity index (χ2n) is 8.06. The Morgan fingerprint density at radius 3 is 2.57 bits per heavy atom. The number of amides is 2. The molecule has 1 aliphatic rings. The molecule has 4 rings (SSSR count). The number of rotatable bonds is 5. The van der Waals surface area contributed by atoms with Crippen LogP contribution >= 0.6 is 0 Å². The van der Waals surface area contributed by atoms with Crippen molar-refractivity contribution in [3.8, 4) is 0 Å². The van der Waals surface area contributed by atoms with E-state index in [0.29, 0.717) is 39.1 Å². The molecule has 0 aliphatic carbocycles. The Kier molecular flexibility index (Phi) is 5.86. The number of aromatic amines is 1. The first-order valence-electron chi connectivity index (χ1n) is 10.4.